The third-order valence-corrected chi connectivity index (χ3v) is 6.83. The Bertz CT molecular complexity index is 1630. The van der Waals surface area contributed by atoms with Crippen molar-refractivity contribution >= 4 is 51.1 Å². The summed E-state index contributed by atoms with van der Waals surface area (Å²) in [6.45, 7) is 1.95. The molecule has 1 N–H and O–H groups in total. The molecule has 6 rings (SSSR count). The van der Waals surface area contributed by atoms with Crippen molar-refractivity contribution in [3.63, 3.8) is 0 Å². The van der Waals surface area contributed by atoms with E-state index in [4.69, 9.17) is 21.0 Å². The minimum absolute atomic E-state index is 0.170. The zero-order valence-electron chi connectivity index (χ0n) is 18.8. The molecule has 178 valence electrons. The number of rotatable bonds is 4. The number of hydrogen-bond donors (Lipinski definition) is 1. The van der Waals surface area contributed by atoms with Gasteiger partial charge >= 0.3 is 6.01 Å². The lowest BCUT2D eigenvalue weighted by molar-refractivity contribution is 0.604. The van der Waals surface area contributed by atoms with Crippen LogP contribution in [-0.2, 0) is 0 Å². The molecule has 11 heteroatoms. The number of allylic oxidation sites excluding steroid dienone is 1. The summed E-state index contributed by atoms with van der Waals surface area (Å²) in [5, 5.41) is 13.8. The van der Waals surface area contributed by atoms with Gasteiger partial charge in [-0.2, -0.15) is 4.98 Å². The smallest absolute Gasteiger partial charge is 0.302 e. The van der Waals surface area contributed by atoms with Gasteiger partial charge in [0.25, 0.3) is 0 Å². The lowest BCUT2D eigenvalue weighted by Crippen LogP contribution is -2.38. The van der Waals surface area contributed by atoms with Crippen LogP contribution in [0.4, 0.5) is 15.5 Å². The Morgan fingerprint density at radius 1 is 1.11 bits per heavy atom. The highest BCUT2D eigenvalue weighted by Gasteiger charge is 2.28. The van der Waals surface area contributed by atoms with E-state index in [1.807, 2.05) is 54.3 Å². The molecule has 1 aliphatic heterocycles. The molecule has 8 nitrogen and oxygen atoms in total. The maximum Gasteiger partial charge on any atom is 0.302 e. The molecule has 2 aromatic carbocycles. The summed E-state index contributed by atoms with van der Waals surface area (Å²) in [6.07, 6.45) is 5.44. The number of anilines is 2. The van der Waals surface area contributed by atoms with Crippen LogP contribution in [0.25, 0.3) is 21.7 Å². The zero-order valence-corrected chi connectivity index (χ0v) is 20.3. The summed E-state index contributed by atoms with van der Waals surface area (Å²) < 4.78 is 19.4. The highest BCUT2D eigenvalue weighted by molar-refractivity contribution is 7.18. The molecule has 0 spiro atoms. The van der Waals surface area contributed by atoms with Crippen molar-refractivity contribution in [2.75, 3.05) is 10.2 Å². The van der Waals surface area contributed by atoms with Crippen LogP contribution in [0.3, 0.4) is 0 Å². The normalized spacial score (nSPS) is 15.6. The summed E-state index contributed by atoms with van der Waals surface area (Å²) in [5.41, 5.74) is 3.41. The second-order valence-corrected chi connectivity index (χ2v) is 9.31. The van der Waals surface area contributed by atoms with Gasteiger partial charge in [-0.05, 0) is 48.9 Å². The standard InChI is InChI=1S/C25H17ClFN7OS/c1-14-11-20(17-6-2-3-7-18(17)26)29-23(31-24-30-19-9-8-16(27)12-21(19)35-24)34(14)25-33-32-22(36-25)15-5-4-10-28-13-15/h2-13,20H,1H3,(H,29,30,31). The highest BCUT2D eigenvalue weighted by atomic mass is 35.5. The number of nitrogens with zero attached hydrogens (tertiary/aromatic N) is 6. The molecule has 1 atom stereocenters. The van der Waals surface area contributed by atoms with Gasteiger partial charge in [0.15, 0.2) is 10.6 Å². The Hall–Kier alpha value is -4.15. The van der Waals surface area contributed by atoms with Gasteiger partial charge in [-0.25, -0.2) is 9.38 Å². The molecule has 1 aliphatic rings. The average molecular weight is 518 g/mol. The number of guanidine groups is 1. The van der Waals surface area contributed by atoms with Crippen LogP contribution in [-0.4, -0.2) is 26.1 Å². The summed E-state index contributed by atoms with van der Waals surface area (Å²) >= 11 is 7.87. The van der Waals surface area contributed by atoms with E-state index >= 15 is 0 Å². The second kappa shape index (κ2) is 9.14. The number of benzene rings is 2. The number of aromatic nitrogens is 4. The Kier molecular flexibility index (Phi) is 5.67. The third-order valence-electron chi connectivity index (χ3n) is 5.53. The quantitative estimate of drug-likeness (QED) is 0.292. The fourth-order valence-electron chi connectivity index (χ4n) is 3.86. The van der Waals surface area contributed by atoms with Gasteiger partial charge in [0.1, 0.15) is 17.4 Å². The number of pyridine rings is 1. The van der Waals surface area contributed by atoms with E-state index in [1.165, 1.54) is 23.5 Å². The van der Waals surface area contributed by atoms with Crippen LogP contribution in [0.1, 0.15) is 18.5 Å². The van der Waals surface area contributed by atoms with Crippen molar-refractivity contribution in [3.05, 3.63) is 95.2 Å². The minimum atomic E-state index is -0.406. The SMILES string of the molecule is CC1=CC(c2ccccc2Cl)N=C(Nc2nc3ccc(F)cc3o2)N1c1nnc(-c2cccnc2)s1. The lowest BCUT2D eigenvalue weighted by atomic mass is 10.1. The van der Waals surface area contributed by atoms with Gasteiger partial charge in [0.2, 0.25) is 11.1 Å². The van der Waals surface area contributed by atoms with Crippen molar-refractivity contribution in [2.24, 2.45) is 4.99 Å². The number of oxazole rings is 1. The molecular weight excluding hydrogens is 501 g/mol. The largest absolute Gasteiger partial charge is 0.423 e. The summed E-state index contributed by atoms with van der Waals surface area (Å²) in [4.78, 5) is 15.3. The summed E-state index contributed by atoms with van der Waals surface area (Å²) in [5.74, 6) is 0.0111. The van der Waals surface area contributed by atoms with E-state index in [-0.39, 0.29) is 12.1 Å². The average Bonchev–Trinajstić information content (AvgIpc) is 3.51. The molecule has 5 aromatic rings. The summed E-state index contributed by atoms with van der Waals surface area (Å²) in [6, 6.07) is 15.3. The predicted octanol–water partition coefficient (Wildman–Crippen LogP) is 6.47. The zero-order chi connectivity index (χ0) is 24.6. The van der Waals surface area contributed by atoms with Gasteiger partial charge in [-0.3, -0.25) is 15.2 Å². The number of halogens is 2. The van der Waals surface area contributed by atoms with Gasteiger partial charge < -0.3 is 4.42 Å². The lowest BCUT2D eigenvalue weighted by Gasteiger charge is -2.29. The van der Waals surface area contributed by atoms with Crippen molar-refractivity contribution in [3.8, 4) is 10.6 Å². The molecule has 0 saturated carbocycles. The first kappa shape index (κ1) is 22.3. The van der Waals surface area contributed by atoms with Crippen LogP contribution >= 0.6 is 22.9 Å². The molecule has 0 fully saturated rings. The fourth-order valence-corrected chi connectivity index (χ4v) is 5.00. The van der Waals surface area contributed by atoms with Gasteiger partial charge in [0.05, 0.1) is 0 Å². The molecule has 0 amide bonds. The van der Waals surface area contributed by atoms with E-state index in [9.17, 15) is 4.39 Å². The monoisotopic (exact) mass is 517 g/mol. The van der Waals surface area contributed by atoms with Crippen LogP contribution in [0.2, 0.25) is 5.02 Å². The first-order valence-corrected chi connectivity index (χ1v) is 12.1. The number of hydrogen-bond acceptors (Lipinski definition) is 9. The van der Waals surface area contributed by atoms with Gasteiger partial charge in [-0.1, -0.05) is 41.1 Å². The number of nitrogens with one attached hydrogen (secondary N) is 1. The number of fused-ring (bicyclic) bond motifs is 1. The molecular formula is C25H17ClFN7OS. The summed E-state index contributed by atoms with van der Waals surface area (Å²) in [7, 11) is 0. The first-order valence-electron chi connectivity index (χ1n) is 10.9. The van der Waals surface area contributed by atoms with Crippen molar-refractivity contribution in [1.29, 1.82) is 0 Å². The van der Waals surface area contributed by atoms with Crippen LogP contribution < -0.4 is 10.2 Å². The maximum absolute atomic E-state index is 13.7. The molecule has 0 radical (unpaired) electrons. The molecule has 0 bridgehead atoms. The third kappa shape index (κ3) is 4.21. The Labute approximate surface area is 213 Å². The Morgan fingerprint density at radius 2 is 2.00 bits per heavy atom. The predicted molar refractivity (Wildman–Crippen MR) is 139 cm³/mol. The van der Waals surface area contributed by atoms with E-state index in [0.29, 0.717) is 27.2 Å². The minimum Gasteiger partial charge on any atom is -0.423 e. The molecule has 0 saturated heterocycles. The molecule has 3 aromatic heterocycles. The van der Waals surface area contributed by atoms with Crippen LogP contribution in [0.15, 0.2) is 88.2 Å². The molecule has 4 heterocycles. The van der Waals surface area contributed by atoms with E-state index in [1.54, 1.807) is 18.5 Å². The second-order valence-electron chi connectivity index (χ2n) is 7.95. The maximum atomic E-state index is 13.7. The Balaban J connectivity index is 1.41. The van der Waals surface area contributed by atoms with E-state index < -0.39 is 5.82 Å². The van der Waals surface area contributed by atoms with Gasteiger partial charge in [-0.15, -0.1) is 10.2 Å². The first-order chi connectivity index (χ1) is 17.5. The van der Waals surface area contributed by atoms with Gasteiger partial charge in [0, 0.05) is 34.7 Å². The van der Waals surface area contributed by atoms with E-state index in [2.05, 4.69) is 25.5 Å². The van der Waals surface area contributed by atoms with Crippen molar-refractivity contribution < 1.29 is 8.81 Å². The van der Waals surface area contributed by atoms with E-state index in [0.717, 1.165) is 21.8 Å². The molecule has 1 unspecified atom stereocenters. The molecule has 0 aliphatic carbocycles. The highest BCUT2D eigenvalue weighted by Crippen LogP contribution is 2.36. The fraction of sp³-hybridized carbons (Fsp3) is 0.0800. The van der Waals surface area contributed by atoms with Crippen LogP contribution in [0.5, 0.6) is 0 Å². The topological polar surface area (TPSA) is 92.3 Å². The number of aliphatic imine (C=N–C) groups is 1. The van der Waals surface area contributed by atoms with Crippen molar-refractivity contribution in [1.82, 2.24) is 20.2 Å². The van der Waals surface area contributed by atoms with Crippen LogP contribution in [0, 0.1) is 5.82 Å². The molecule has 36 heavy (non-hydrogen) atoms. The Morgan fingerprint density at radius 3 is 2.83 bits per heavy atom. The van der Waals surface area contributed by atoms with Crippen molar-refractivity contribution in [2.45, 2.75) is 13.0 Å².